The Morgan fingerprint density at radius 1 is 1.56 bits per heavy atom. The van der Waals surface area contributed by atoms with Crippen molar-refractivity contribution in [1.82, 2.24) is 15.1 Å². The van der Waals surface area contributed by atoms with E-state index in [-0.39, 0.29) is 0 Å². The van der Waals surface area contributed by atoms with Crippen molar-refractivity contribution >= 4 is 6.09 Å². The highest BCUT2D eigenvalue weighted by Gasteiger charge is 2.15. The molecule has 0 aromatic carbocycles. The number of nitrogens with zero attached hydrogens (tertiary/aromatic N) is 2. The molecule has 1 rings (SSSR count). The highest BCUT2D eigenvalue weighted by molar-refractivity contribution is 5.67. The molecule has 0 unspecified atom stereocenters. The molecule has 1 amide bonds. The fourth-order valence-corrected chi connectivity index (χ4v) is 1.23. The minimum atomic E-state index is -0.481. The lowest BCUT2D eigenvalue weighted by atomic mass is 10.2. The Kier molecular flexibility index (Phi) is 4.78. The van der Waals surface area contributed by atoms with Crippen LogP contribution in [0.4, 0.5) is 4.79 Å². The normalized spacial score (nSPS) is 10.4. The molecule has 98 valence electrons. The van der Waals surface area contributed by atoms with E-state index in [0.717, 1.165) is 5.56 Å². The first-order valence-electron chi connectivity index (χ1n) is 5.78. The van der Waals surface area contributed by atoms with Crippen molar-refractivity contribution < 1.29 is 9.53 Å². The van der Waals surface area contributed by atoms with Crippen molar-refractivity contribution in [2.45, 2.75) is 46.4 Å². The van der Waals surface area contributed by atoms with Crippen LogP contribution in [0, 0.1) is 11.8 Å². The third-order valence-corrected chi connectivity index (χ3v) is 1.94. The van der Waals surface area contributed by atoms with Crippen LogP contribution < -0.4 is 5.32 Å². The second-order valence-electron chi connectivity index (χ2n) is 4.83. The molecule has 0 aliphatic rings. The van der Waals surface area contributed by atoms with Crippen molar-refractivity contribution in [1.29, 1.82) is 0 Å². The largest absolute Gasteiger partial charge is 0.444 e. The molecule has 1 aromatic heterocycles. The number of alkyl carbamates (subject to hydrolysis) is 1. The van der Waals surface area contributed by atoms with Crippen LogP contribution >= 0.6 is 0 Å². The molecule has 5 nitrogen and oxygen atoms in total. The highest BCUT2D eigenvalue weighted by atomic mass is 16.6. The second-order valence-corrected chi connectivity index (χ2v) is 4.83. The van der Waals surface area contributed by atoms with E-state index in [1.165, 1.54) is 0 Å². The molecule has 0 aliphatic carbocycles. The van der Waals surface area contributed by atoms with Gasteiger partial charge in [0.15, 0.2) is 0 Å². The highest BCUT2D eigenvalue weighted by Crippen LogP contribution is 2.06. The van der Waals surface area contributed by atoms with Gasteiger partial charge in [-0.05, 0) is 27.7 Å². The number of carbonyl (C=O) groups is 1. The number of aromatic nitrogens is 2. The molecule has 0 aliphatic heterocycles. The van der Waals surface area contributed by atoms with Crippen molar-refractivity contribution in [2.75, 3.05) is 0 Å². The van der Waals surface area contributed by atoms with Gasteiger partial charge in [0.1, 0.15) is 12.1 Å². The molecule has 0 fully saturated rings. The molecule has 18 heavy (non-hydrogen) atoms. The minimum Gasteiger partial charge on any atom is -0.444 e. The lowest BCUT2D eigenvalue weighted by molar-refractivity contribution is 0.0523. The molecule has 1 N–H and O–H groups in total. The third kappa shape index (κ3) is 5.39. The Bertz CT molecular complexity index is 461. The number of hydrogen-bond donors (Lipinski definition) is 1. The van der Waals surface area contributed by atoms with Gasteiger partial charge in [0.05, 0.1) is 6.20 Å². The monoisotopic (exact) mass is 249 g/mol. The third-order valence-electron chi connectivity index (χ3n) is 1.94. The van der Waals surface area contributed by atoms with Crippen LogP contribution in [0.3, 0.4) is 0 Å². The van der Waals surface area contributed by atoms with Gasteiger partial charge in [-0.25, -0.2) is 4.79 Å². The maximum Gasteiger partial charge on any atom is 0.407 e. The number of ether oxygens (including phenoxy) is 1. The van der Waals surface area contributed by atoms with E-state index < -0.39 is 11.7 Å². The zero-order valence-corrected chi connectivity index (χ0v) is 11.3. The van der Waals surface area contributed by atoms with Crippen LogP contribution in [0.5, 0.6) is 0 Å². The topological polar surface area (TPSA) is 56.2 Å². The van der Waals surface area contributed by atoms with Gasteiger partial charge in [0.2, 0.25) is 0 Å². The van der Waals surface area contributed by atoms with E-state index in [9.17, 15) is 4.79 Å². The molecule has 1 aromatic rings. The Balaban J connectivity index is 2.41. The molecule has 0 radical (unpaired) electrons. The first-order chi connectivity index (χ1) is 8.40. The van der Waals surface area contributed by atoms with Crippen molar-refractivity contribution in [3.8, 4) is 11.8 Å². The molecular weight excluding hydrogens is 230 g/mol. The molecule has 0 saturated carbocycles. The average molecular weight is 249 g/mol. The van der Waals surface area contributed by atoms with E-state index >= 15 is 0 Å². The van der Waals surface area contributed by atoms with Gasteiger partial charge in [-0.1, -0.05) is 5.92 Å². The molecular formula is C13H19N3O2. The molecule has 1 heterocycles. The van der Waals surface area contributed by atoms with Gasteiger partial charge < -0.3 is 10.1 Å². The van der Waals surface area contributed by atoms with Crippen LogP contribution in [-0.4, -0.2) is 21.5 Å². The van der Waals surface area contributed by atoms with Gasteiger partial charge >= 0.3 is 6.09 Å². The molecule has 0 atom stereocenters. The fourth-order valence-electron chi connectivity index (χ4n) is 1.23. The van der Waals surface area contributed by atoms with Crippen LogP contribution in [-0.2, 0) is 17.8 Å². The standard InChI is InChI=1S/C13H19N3O2/c1-5-6-7-16-10-11(9-15-16)8-14-12(17)18-13(2,3)4/h9-10H,7-8H2,1-4H3,(H,14,17). The van der Waals surface area contributed by atoms with Crippen LogP contribution in [0.15, 0.2) is 12.4 Å². The molecule has 0 saturated heterocycles. The van der Waals surface area contributed by atoms with Gasteiger partial charge in [0, 0.05) is 18.3 Å². The SMILES string of the molecule is CC#CCn1cc(CNC(=O)OC(C)(C)C)cn1. The Morgan fingerprint density at radius 2 is 2.28 bits per heavy atom. The van der Waals surface area contributed by atoms with E-state index in [2.05, 4.69) is 22.3 Å². The summed E-state index contributed by atoms with van der Waals surface area (Å²) < 4.78 is 6.86. The predicted octanol–water partition coefficient (Wildman–Crippen LogP) is 1.93. The number of hydrogen-bond acceptors (Lipinski definition) is 3. The quantitative estimate of drug-likeness (QED) is 0.833. The Morgan fingerprint density at radius 3 is 2.89 bits per heavy atom. The van der Waals surface area contributed by atoms with E-state index in [1.54, 1.807) is 17.8 Å². The second kappa shape index (κ2) is 6.10. The first kappa shape index (κ1) is 14.1. The smallest absolute Gasteiger partial charge is 0.407 e. The predicted molar refractivity (Wildman–Crippen MR) is 68.8 cm³/mol. The summed E-state index contributed by atoms with van der Waals surface area (Å²) in [6.07, 6.45) is 3.12. The summed E-state index contributed by atoms with van der Waals surface area (Å²) in [4.78, 5) is 11.4. The minimum absolute atomic E-state index is 0.397. The number of nitrogens with one attached hydrogen (secondary N) is 1. The Hall–Kier alpha value is -1.96. The molecule has 0 bridgehead atoms. The summed E-state index contributed by atoms with van der Waals surface area (Å²) in [5.41, 5.74) is 0.434. The lowest BCUT2D eigenvalue weighted by Gasteiger charge is -2.19. The van der Waals surface area contributed by atoms with Crippen molar-refractivity contribution in [3.05, 3.63) is 18.0 Å². The lowest BCUT2D eigenvalue weighted by Crippen LogP contribution is -2.32. The fraction of sp³-hybridized carbons (Fsp3) is 0.538. The maximum atomic E-state index is 11.4. The summed E-state index contributed by atoms with van der Waals surface area (Å²) in [7, 11) is 0. The number of amides is 1. The van der Waals surface area contributed by atoms with Gasteiger partial charge in [0.25, 0.3) is 0 Å². The average Bonchev–Trinajstić information content (AvgIpc) is 2.69. The van der Waals surface area contributed by atoms with Crippen LogP contribution in [0.25, 0.3) is 0 Å². The summed E-state index contributed by atoms with van der Waals surface area (Å²) in [5, 5.41) is 6.80. The van der Waals surface area contributed by atoms with Gasteiger partial charge in [-0.2, -0.15) is 5.10 Å². The number of rotatable bonds is 3. The Labute approximate surface area is 108 Å². The van der Waals surface area contributed by atoms with Gasteiger partial charge in [-0.15, -0.1) is 5.92 Å². The van der Waals surface area contributed by atoms with Crippen molar-refractivity contribution in [2.24, 2.45) is 0 Å². The zero-order chi connectivity index (χ0) is 13.6. The van der Waals surface area contributed by atoms with Crippen LogP contribution in [0.1, 0.15) is 33.3 Å². The van der Waals surface area contributed by atoms with Crippen molar-refractivity contribution in [3.63, 3.8) is 0 Å². The maximum absolute atomic E-state index is 11.4. The summed E-state index contributed by atoms with van der Waals surface area (Å²) in [6, 6.07) is 0. The summed E-state index contributed by atoms with van der Waals surface area (Å²) in [5.74, 6) is 5.71. The van der Waals surface area contributed by atoms with E-state index in [0.29, 0.717) is 13.1 Å². The first-order valence-corrected chi connectivity index (χ1v) is 5.78. The zero-order valence-electron chi connectivity index (χ0n) is 11.3. The molecule has 5 heteroatoms. The van der Waals surface area contributed by atoms with E-state index in [1.807, 2.05) is 27.0 Å². The molecule has 0 spiro atoms. The number of carbonyl (C=O) groups excluding carboxylic acids is 1. The van der Waals surface area contributed by atoms with E-state index in [4.69, 9.17) is 4.74 Å². The van der Waals surface area contributed by atoms with Crippen LogP contribution in [0.2, 0.25) is 0 Å². The van der Waals surface area contributed by atoms with Gasteiger partial charge in [-0.3, -0.25) is 4.68 Å². The summed E-state index contributed by atoms with van der Waals surface area (Å²) in [6.45, 7) is 8.22. The summed E-state index contributed by atoms with van der Waals surface area (Å²) >= 11 is 0.